The fourth-order valence-electron chi connectivity index (χ4n) is 3.63. The molecule has 22 heavy (non-hydrogen) atoms. The molecule has 2 aliphatic heterocycles. The molecule has 1 amide bonds. The monoisotopic (exact) mass is 340 g/mol. The van der Waals surface area contributed by atoms with Crippen molar-refractivity contribution in [2.24, 2.45) is 5.92 Å². The van der Waals surface area contributed by atoms with E-state index in [1.807, 2.05) is 11.0 Å². The van der Waals surface area contributed by atoms with Crippen LogP contribution in [0.4, 0.5) is 0 Å². The molecule has 0 aromatic heterocycles. The molecule has 3 nitrogen and oxygen atoms in total. The van der Waals surface area contributed by atoms with Gasteiger partial charge in [0.05, 0.1) is 6.04 Å². The maximum absolute atomic E-state index is 12.6. The molecule has 0 radical (unpaired) electrons. The third kappa shape index (κ3) is 3.27. The number of rotatable bonds is 3. The van der Waals surface area contributed by atoms with E-state index < -0.39 is 0 Å². The van der Waals surface area contributed by atoms with Crippen molar-refractivity contribution in [3.8, 4) is 0 Å². The molecule has 2 heterocycles. The Balaban J connectivity index is 1.69. The Morgan fingerprint density at radius 3 is 2.95 bits per heavy atom. The van der Waals surface area contributed by atoms with Gasteiger partial charge < -0.3 is 10.2 Å². The lowest BCUT2D eigenvalue weighted by molar-refractivity contribution is -0.134. The van der Waals surface area contributed by atoms with Gasteiger partial charge in [0, 0.05) is 23.0 Å². The third-order valence-electron chi connectivity index (χ3n) is 4.96. The van der Waals surface area contributed by atoms with Gasteiger partial charge in [-0.2, -0.15) is 0 Å². The largest absolute Gasteiger partial charge is 0.336 e. The summed E-state index contributed by atoms with van der Waals surface area (Å²) in [7, 11) is 0. The van der Waals surface area contributed by atoms with E-state index in [-0.39, 0.29) is 11.9 Å². The highest BCUT2D eigenvalue weighted by atomic mass is 35.5. The molecule has 1 saturated heterocycles. The van der Waals surface area contributed by atoms with E-state index in [9.17, 15) is 4.79 Å². The summed E-state index contributed by atoms with van der Waals surface area (Å²) in [6.45, 7) is 4.96. The van der Waals surface area contributed by atoms with Gasteiger partial charge >= 0.3 is 0 Å². The second kappa shape index (κ2) is 6.77. The molecule has 0 saturated carbocycles. The average molecular weight is 341 g/mol. The van der Waals surface area contributed by atoms with Gasteiger partial charge in [-0.05, 0) is 68.5 Å². The maximum atomic E-state index is 12.6. The lowest BCUT2D eigenvalue weighted by Gasteiger charge is -2.36. The minimum Gasteiger partial charge on any atom is -0.336 e. The second-order valence-corrected chi connectivity index (χ2v) is 7.21. The van der Waals surface area contributed by atoms with Gasteiger partial charge in [-0.15, -0.1) is 0 Å². The van der Waals surface area contributed by atoms with Crippen LogP contribution < -0.4 is 5.32 Å². The Morgan fingerprint density at radius 1 is 1.41 bits per heavy atom. The number of hydrogen-bond donors (Lipinski definition) is 1. The minimum absolute atomic E-state index is 0.0501. The Hall–Kier alpha value is -0.770. The van der Waals surface area contributed by atoms with E-state index in [2.05, 4.69) is 12.2 Å². The second-order valence-electron chi connectivity index (χ2n) is 6.37. The van der Waals surface area contributed by atoms with Crippen LogP contribution in [0.2, 0.25) is 10.0 Å². The Morgan fingerprint density at radius 2 is 2.23 bits per heavy atom. The maximum Gasteiger partial charge on any atom is 0.223 e. The summed E-state index contributed by atoms with van der Waals surface area (Å²) in [5.74, 6) is 0.904. The smallest absolute Gasteiger partial charge is 0.223 e. The number of halogens is 2. The average Bonchev–Trinajstić information content (AvgIpc) is 2.99. The highest BCUT2D eigenvalue weighted by Crippen LogP contribution is 2.36. The number of amides is 1. The van der Waals surface area contributed by atoms with Gasteiger partial charge in [0.15, 0.2) is 0 Å². The molecule has 2 unspecified atom stereocenters. The molecule has 0 spiro atoms. The van der Waals surface area contributed by atoms with Crippen LogP contribution in [-0.2, 0) is 11.2 Å². The van der Waals surface area contributed by atoms with Crippen molar-refractivity contribution in [3.63, 3.8) is 0 Å². The standard InChI is InChI=1S/C17H22Cl2N2O/c1-11-15-8-13(18)9-16(19)14(15)5-7-21(11)17(22)3-2-12-4-6-20-10-12/h8-9,11-12,20H,2-7,10H2,1H3. The summed E-state index contributed by atoms with van der Waals surface area (Å²) in [4.78, 5) is 14.6. The Bertz CT molecular complexity index is 570. The molecular weight excluding hydrogens is 319 g/mol. The van der Waals surface area contributed by atoms with E-state index in [1.54, 1.807) is 6.07 Å². The lowest BCUT2D eigenvalue weighted by atomic mass is 9.92. The van der Waals surface area contributed by atoms with Gasteiger partial charge in [-0.1, -0.05) is 23.2 Å². The molecule has 1 fully saturated rings. The van der Waals surface area contributed by atoms with Gasteiger partial charge in [-0.3, -0.25) is 4.79 Å². The van der Waals surface area contributed by atoms with E-state index in [0.29, 0.717) is 17.4 Å². The predicted octanol–water partition coefficient (Wildman–Crippen LogP) is 3.83. The van der Waals surface area contributed by atoms with Crippen molar-refractivity contribution >= 4 is 29.1 Å². The fourth-order valence-corrected chi connectivity index (χ4v) is 4.23. The summed E-state index contributed by atoms with van der Waals surface area (Å²) in [6.07, 6.45) is 3.63. The van der Waals surface area contributed by atoms with Crippen LogP contribution in [0, 0.1) is 5.92 Å². The number of carbonyl (C=O) groups excluding carboxylic acids is 1. The Kier molecular flexibility index (Phi) is 4.96. The SMILES string of the molecule is CC1c2cc(Cl)cc(Cl)c2CCN1C(=O)CCC1CCNC1. The molecule has 5 heteroatoms. The van der Waals surface area contributed by atoms with Crippen LogP contribution in [0.15, 0.2) is 12.1 Å². The first kappa shape index (κ1) is 16.1. The molecular formula is C17H22Cl2N2O. The van der Waals surface area contributed by atoms with Crippen molar-refractivity contribution in [1.29, 1.82) is 0 Å². The molecule has 0 aliphatic carbocycles. The topological polar surface area (TPSA) is 32.3 Å². The zero-order chi connectivity index (χ0) is 15.7. The van der Waals surface area contributed by atoms with Gasteiger partial charge in [0.25, 0.3) is 0 Å². The van der Waals surface area contributed by atoms with Crippen LogP contribution in [0.5, 0.6) is 0 Å². The van der Waals surface area contributed by atoms with Gasteiger partial charge in [0.1, 0.15) is 0 Å². The highest BCUT2D eigenvalue weighted by Gasteiger charge is 2.29. The van der Waals surface area contributed by atoms with Crippen LogP contribution in [0.1, 0.15) is 43.4 Å². The molecule has 2 aliphatic rings. The number of hydrogen-bond acceptors (Lipinski definition) is 2. The van der Waals surface area contributed by atoms with Crippen LogP contribution in [0.25, 0.3) is 0 Å². The molecule has 120 valence electrons. The molecule has 1 aromatic rings. The number of carbonyl (C=O) groups is 1. The van der Waals surface area contributed by atoms with Crippen molar-refractivity contribution in [3.05, 3.63) is 33.3 Å². The summed E-state index contributed by atoms with van der Waals surface area (Å²) >= 11 is 12.4. The molecule has 2 atom stereocenters. The predicted molar refractivity (Wildman–Crippen MR) is 90.5 cm³/mol. The number of fused-ring (bicyclic) bond motifs is 1. The molecule has 1 N–H and O–H groups in total. The molecule has 3 rings (SSSR count). The zero-order valence-electron chi connectivity index (χ0n) is 12.9. The normalized spacial score (nSPS) is 24.4. The van der Waals surface area contributed by atoms with Crippen molar-refractivity contribution in [2.75, 3.05) is 19.6 Å². The first-order valence-electron chi connectivity index (χ1n) is 8.04. The first-order valence-corrected chi connectivity index (χ1v) is 8.80. The number of benzene rings is 1. The van der Waals surface area contributed by atoms with E-state index in [0.717, 1.165) is 48.6 Å². The number of nitrogens with zero attached hydrogens (tertiary/aromatic N) is 1. The van der Waals surface area contributed by atoms with Gasteiger partial charge in [0.2, 0.25) is 5.91 Å². The fraction of sp³-hybridized carbons (Fsp3) is 0.588. The summed E-state index contributed by atoms with van der Waals surface area (Å²) in [6, 6.07) is 3.79. The lowest BCUT2D eigenvalue weighted by Crippen LogP contribution is -2.39. The van der Waals surface area contributed by atoms with Crippen molar-refractivity contribution in [1.82, 2.24) is 10.2 Å². The zero-order valence-corrected chi connectivity index (χ0v) is 14.4. The number of nitrogens with one attached hydrogen (secondary N) is 1. The van der Waals surface area contributed by atoms with E-state index in [4.69, 9.17) is 23.2 Å². The van der Waals surface area contributed by atoms with Crippen molar-refractivity contribution < 1.29 is 4.79 Å². The third-order valence-corrected chi connectivity index (χ3v) is 5.52. The first-order chi connectivity index (χ1) is 10.6. The van der Waals surface area contributed by atoms with Crippen LogP contribution in [0.3, 0.4) is 0 Å². The van der Waals surface area contributed by atoms with Crippen molar-refractivity contribution in [2.45, 2.75) is 38.6 Å². The molecule has 1 aromatic carbocycles. The van der Waals surface area contributed by atoms with Crippen LogP contribution in [-0.4, -0.2) is 30.4 Å². The highest BCUT2D eigenvalue weighted by molar-refractivity contribution is 6.35. The molecule has 0 bridgehead atoms. The Labute approximate surface area is 142 Å². The minimum atomic E-state index is 0.0501. The summed E-state index contributed by atoms with van der Waals surface area (Å²) in [5, 5.41) is 4.72. The van der Waals surface area contributed by atoms with E-state index >= 15 is 0 Å². The van der Waals surface area contributed by atoms with Crippen LogP contribution >= 0.6 is 23.2 Å². The van der Waals surface area contributed by atoms with Gasteiger partial charge in [-0.25, -0.2) is 0 Å². The summed E-state index contributed by atoms with van der Waals surface area (Å²) < 4.78 is 0. The quantitative estimate of drug-likeness (QED) is 0.906. The summed E-state index contributed by atoms with van der Waals surface area (Å²) in [5.41, 5.74) is 2.24. The van der Waals surface area contributed by atoms with E-state index in [1.165, 1.54) is 6.42 Å².